The third kappa shape index (κ3) is 3.37. The summed E-state index contributed by atoms with van der Waals surface area (Å²) in [6, 6.07) is 15.9. The summed E-state index contributed by atoms with van der Waals surface area (Å²) in [6.07, 6.45) is 4.41. The Hall–Kier alpha value is -2.79. The molecule has 25 heavy (non-hydrogen) atoms. The van der Waals surface area contributed by atoms with Gasteiger partial charge in [-0.15, -0.1) is 0 Å². The van der Waals surface area contributed by atoms with Crippen LogP contribution >= 0.6 is 0 Å². The standard InChI is InChI=1S/C20H21N3O2/c1-23-11-16(22-13-23)10-17(21)14-6-8-15(9-7-14)20-12-24-18-4-2-3-5-19(18)25-20/h2-9,11,13,17,20H,10,12,21H2,1H3. The lowest BCUT2D eigenvalue weighted by molar-refractivity contribution is 0.0913. The first kappa shape index (κ1) is 15.7. The van der Waals surface area contributed by atoms with E-state index in [1.807, 2.05) is 42.1 Å². The van der Waals surface area contributed by atoms with Crippen LogP contribution in [0.2, 0.25) is 0 Å². The summed E-state index contributed by atoms with van der Waals surface area (Å²) in [5.41, 5.74) is 9.50. The Kier molecular flexibility index (Phi) is 4.15. The summed E-state index contributed by atoms with van der Waals surface area (Å²) in [7, 11) is 1.96. The molecule has 0 saturated carbocycles. The molecule has 2 atom stereocenters. The van der Waals surface area contributed by atoms with E-state index in [2.05, 4.69) is 29.2 Å². The molecular weight excluding hydrogens is 314 g/mol. The van der Waals surface area contributed by atoms with E-state index in [1.54, 1.807) is 6.33 Å². The number of hydrogen-bond acceptors (Lipinski definition) is 4. The number of ether oxygens (including phenoxy) is 2. The molecule has 2 heterocycles. The maximum Gasteiger partial charge on any atom is 0.162 e. The molecule has 5 nitrogen and oxygen atoms in total. The average molecular weight is 335 g/mol. The van der Waals surface area contributed by atoms with E-state index in [0.717, 1.165) is 34.7 Å². The summed E-state index contributed by atoms with van der Waals surface area (Å²) < 4.78 is 13.8. The average Bonchev–Trinajstić information content (AvgIpc) is 3.06. The molecule has 0 aliphatic carbocycles. The van der Waals surface area contributed by atoms with E-state index in [4.69, 9.17) is 15.2 Å². The smallest absolute Gasteiger partial charge is 0.162 e. The largest absolute Gasteiger partial charge is 0.485 e. The van der Waals surface area contributed by atoms with E-state index in [0.29, 0.717) is 6.61 Å². The van der Waals surface area contributed by atoms with Crippen LogP contribution in [0.5, 0.6) is 11.5 Å². The number of rotatable bonds is 4. The molecule has 1 aliphatic heterocycles. The SMILES string of the molecule is Cn1cnc(CC(N)c2ccc(C3COc4ccccc4O3)cc2)c1. The first-order chi connectivity index (χ1) is 12.2. The third-order valence-corrected chi connectivity index (χ3v) is 4.43. The summed E-state index contributed by atoms with van der Waals surface area (Å²) >= 11 is 0. The van der Waals surface area contributed by atoms with E-state index in [-0.39, 0.29) is 12.1 Å². The second kappa shape index (κ2) is 6.61. The molecule has 128 valence electrons. The van der Waals surface area contributed by atoms with Crippen molar-refractivity contribution in [1.29, 1.82) is 0 Å². The lowest BCUT2D eigenvalue weighted by Crippen LogP contribution is -2.21. The normalized spacial score (nSPS) is 17.3. The van der Waals surface area contributed by atoms with Gasteiger partial charge in [-0.05, 0) is 23.3 Å². The Morgan fingerprint density at radius 2 is 1.92 bits per heavy atom. The van der Waals surface area contributed by atoms with Gasteiger partial charge in [0, 0.05) is 25.7 Å². The minimum Gasteiger partial charge on any atom is -0.485 e. The Bertz CT molecular complexity index is 857. The monoisotopic (exact) mass is 335 g/mol. The van der Waals surface area contributed by atoms with Crippen LogP contribution < -0.4 is 15.2 Å². The quantitative estimate of drug-likeness (QED) is 0.795. The molecule has 0 saturated heterocycles. The molecule has 0 amide bonds. The molecule has 0 radical (unpaired) electrons. The second-order valence-corrected chi connectivity index (χ2v) is 6.37. The first-order valence-electron chi connectivity index (χ1n) is 8.40. The third-order valence-electron chi connectivity index (χ3n) is 4.43. The van der Waals surface area contributed by atoms with Gasteiger partial charge in [-0.3, -0.25) is 0 Å². The molecule has 2 N–H and O–H groups in total. The molecule has 2 unspecified atom stereocenters. The Morgan fingerprint density at radius 3 is 2.64 bits per heavy atom. The van der Waals surface area contributed by atoms with Crippen molar-refractivity contribution in [2.24, 2.45) is 12.8 Å². The predicted molar refractivity (Wildman–Crippen MR) is 95.6 cm³/mol. The zero-order chi connectivity index (χ0) is 17.2. The summed E-state index contributed by atoms with van der Waals surface area (Å²) in [5.74, 6) is 1.59. The molecule has 3 aromatic rings. The Labute approximate surface area is 147 Å². The van der Waals surface area contributed by atoms with Gasteiger partial charge in [0.2, 0.25) is 0 Å². The van der Waals surface area contributed by atoms with Crippen molar-refractivity contribution in [3.63, 3.8) is 0 Å². The van der Waals surface area contributed by atoms with Crippen molar-refractivity contribution < 1.29 is 9.47 Å². The number of fused-ring (bicyclic) bond motifs is 1. The molecule has 0 spiro atoms. The van der Waals surface area contributed by atoms with Gasteiger partial charge in [-0.25, -0.2) is 4.98 Å². The van der Waals surface area contributed by atoms with Crippen molar-refractivity contribution in [3.05, 3.63) is 77.9 Å². The number of imidazole rings is 1. The fraction of sp³-hybridized carbons (Fsp3) is 0.250. The number of nitrogens with zero attached hydrogens (tertiary/aromatic N) is 2. The number of para-hydroxylation sites is 2. The fourth-order valence-corrected chi connectivity index (χ4v) is 3.06. The van der Waals surface area contributed by atoms with Crippen molar-refractivity contribution in [1.82, 2.24) is 9.55 Å². The van der Waals surface area contributed by atoms with Crippen LogP contribution in [-0.2, 0) is 13.5 Å². The van der Waals surface area contributed by atoms with Crippen LogP contribution in [0.15, 0.2) is 61.1 Å². The minimum absolute atomic E-state index is 0.0757. The van der Waals surface area contributed by atoms with Crippen LogP contribution in [0.3, 0.4) is 0 Å². The van der Waals surface area contributed by atoms with Crippen LogP contribution in [0, 0.1) is 0 Å². The predicted octanol–water partition coefficient (Wildman–Crippen LogP) is 3.18. The molecule has 5 heteroatoms. The second-order valence-electron chi connectivity index (χ2n) is 6.37. The lowest BCUT2D eigenvalue weighted by atomic mass is 10.00. The van der Waals surface area contributed by atoms with Gasteiger partial charge in [0.05, 0.1) is 12.0 Å². The summed E-state index contributed by atoms with van der Waals surface area (Å²) in [6.45, 7) is 0.510. The van der Waals surface area contributed by atoms with Crippen molar-refractivity contribution in [2.75, 3.05) is 6.61 Å². The maximum absolute atomic E-state index is 6.32. The zero-order valence-electron chi connectivity index (χ0n) is 14.1. The highest BCUT2D eigenvalue weighted by Crippen LogP contribution is 2.36. The summed E-state index contributed by atoms with van der Waals surface area (Å²) in [4.78, 5) is 4.34. The number of aryl methyl sites for hydroxylation is 1. The van der Waals surface area contributed by atoms with Crippen molar-refractivity contribution in [3.8, 4) is 11.5 Å². The molecule has 0 fully saturated rings. The highest BCUT2D eigenvalue weighted by molar-refractivity contribution is 5.41. The van der Waals surface area contributed by atoms with Gasteiger partial charge in [0.1, 0.15) is 6.61 Å². The zero-order valence-corrected chi connectivity index (χ0v) is 14.1. The van der Waals surface area contributed by atoms with E-state index >= 15 is 0 Å². The van der Waals surface area contributed by atoms with E-state index < -0.39 is 0 Å². The van der Waals surface area contributed by atoms with Crippen LogP contribution in [0.1, 0.15) is 29.0 Å². The van der Waals surface area contributed by atoms with Gasteiger partial charge >= 0.3 is 0 Å². The lowest BCUT2D eigenvalue weighted by Gasteiger charge is -2.27. The topological polar surface area (TPSA) is 62.3 Å². The number of aromatic nitrogens is 2. The highest BCUT2D eigenvalue weighted by atomic mass is 16.6. The first-order valence-corrected chi connectivity index (χ1v) is 8.40. The number of hydrogen-bond donors (Lipinski definition) is 1. The Morgan fingerprint density at radius 1 is 1.16 bits per heavy atom. The Balaban J connectivity index is 1.45. The van der Waals surface area contributed by atoms with Crippen LogP contribution in [-0.4, -0.2) is 16.2 Å². The van der Waals surface area contributed by atoms with Gasteiger partial charge in [0.25, 0.3) is 0 Å². The van der Waals surface area contributed by atoms with Crippen molar-refractivity contribution in [2.45, 2.75) is 18.6 Å². The molecular formula is C20H21N3O2. The molecule has 4 rings (SSSR count). The minimum atomic E-state index is -0.101. The molecule has 1 aromatic heterocycles. The van der Waals surface area contributed by atoms with Crippen LogP contribution in [0.25, 0.3) is 0 Å². The number of nitrogens with two attached hydrogens (primary N) is 1. The fourth-order valence-electron chi connectivity index (χ4n) is 3.06. The maximum atomic E-state index is 6.32. The molecule has 1 aliphatic rings. The van der Waals surface area contributed by atoms with E-state index in [9.17, 15) is 0 Å². The number of benzene rings is 2. The van der Waals surface area contributed by atoms with Gasteiger partial charge in [-0.1, -0.05) is 36.4 Å². The summed E-state index contributed by atoms with van der Waals surface area (Å²) in [5, 5.41) is 0. The van der Waals surface area contributed by atoms with E-state index in [1.165, 1.54) is 0 Å². The van der Waals surface area contributed by atoms with Crippen molar-refractivity contribution >= 4 is 0 Å². The van der Waals surface area contributed by atoms with Gasteiger partial charge < -0.3 is 19.8 Å². The highest BCUT2D eigenvalue weighted by Gasteiger charge is 2.22. The molecule has 0 bridgehead atoms. The molecule has 2 aromatic carbocycles. The van der Waals surface area contributed by atoms with Crippen LogP contribution in [0.4, 0.5) is 0 Å². The van der Waals surface area contributed by atoms with Gasteiger partial charge in [-0.2, -0.15) is 0 Å². The van der Waals surface area contributed by atoms with Gasteiger partial charge in [0.15, 0.2) is 17.6 Å².